The van der Waals surface area contributed by atoms with Gasteiger partial charge in [0.15, 0.2) is 17.1 Å². The molecule has 1 unspecified atom stereocenters. The minimum absolute atomic E-state index is 0.178. The second-order valence-corrected chi connectivity index (χ2v) is 8.58. The number of nitrogens with one attached hydrogen (secondary N) is 1. The number of anilines is 1. The van der Waals surface area contributed by atoms with Crippen LogP contribution in [0, 0.1) is 13.8 Å². The first-order valence-corrected chi connectivity index (χ1v) is 11.0. The molecule has 6 nitrogen and oxygen atoms in total. The predicted molar refractivity (Wildman–Crippen MR) is 122 cm³/mol. The molecule has 0 spiro atoms. The van der Waals surface area contributed by atoms with Gasteiger partial charge < -0.3 is 14.6 Å². The average molecular weight is 465 g/mol. The molecule has 0 aliphatic heterocycles. The van der Waals surface area contributed by atoms with Gasteiger partial charge in [0.25, 0.3) is 0 Å². The van der Waals surface area contributed by atoms with Crippen LogP contribution in [0.1, 0.15) is 30.0 Å². The van der Waals surface area contributed by atoms with Gasteiger partial charge in [-0.15, -0.1) is 10.2 Å². The van der Waals surface area contributed by atoms with Gasteiger partial charge in [-0.2, -0.15) is 0 Å². The fourth-order valence-electron chi connectivity index (χ4n) is 2.80. The molecule has 0 aliphatic carbocycles. The molecule has 0 bridgehead atoms. The van der Waals surface area contributed by atoms with Gasteiger partial charge in [-0.1, -0.05) is 47.1 Å². The second-order valence-electron chi connectivity index (χ2n) is 6.82. The molecule has 1 N–H and O–H groups in total. The number of carbonyl (C=O) groups is 1. The van der Waals surface area contributed by atoms with Gasteiger partial charge in [0.2, 0.25) is 5.91 Å². The fraction of sp³-hybridized carbons (Fsp3) is 0.286. The maximum absolute atomic E-state index is 12.3. The van der Waals surface area contributed by atoms with Gasteiger partial charge in [-0.3, -0.25) is 4.79 Å². The predicted octanol–water partition coefficient (Wildman–Crippen LogP) is 5.61. The third kappa shape index (κ3) is 5.28. The molecule has 0 radical (unpaired) electrons. The molecule has 0 fully saturated rings. The van der Waals surface area contributed by atoms with Gasteiger partial charge in [0.05, 0.1) is 15.8 Å². The van der Waals surface area contributed by atoms with Crippen LogP contribution in [0.4, 0.5) is 5.69 Å². The fourth-order valence-corrected chi connectivity index (χ4v) is 3.82. The lowest BCUT2D eigenvalue weighted by Gasteiger charge is -2.16. The first-order valence-electron chi connectivity index (χ1n) is 9.26. The number of halogens is 2. The second kappa shape index (κ2) is 9.73. The number of amides is 1. The molecule has 30 heavy (non-hydrogen) atoms. The van der Waals surface area contributed by atoms with Gasteiger partial charge in [0, 0.05) is 12.7 Å². The van der Waals surface area contributed by atoms with E-state index in [-0.39, 0.29) is 17.8 Å². The number of carbonyl (C=O) groups excluding carboxylic acids is 1. The number of ether oxygens (including phenoxy) is 1. The first-order chi connectivity index (χ1) is 14.3. The topological polar surface area (TPSA) is 69.0 Å². The molecular formula is C21H22Cl2N4O2S. The minimum Gasteiger partial charge on any atom is -0.482 e. The van der Waals surface area contributed by atoms with Crippen molar-refractivity contribution < 1.29 is 9.53 Å². The summed E-state index contributed by atoms with van der Waals surface area (Å²) in [6.45, 7) is 6.01. The highest BCUT2D eigenvalue weighted by Crippen LogP contribution is 2.28. The van der Waals surface area contributed by atoms with Crippen LogP contribution < -0.4 is 10.1 Å². The molecule has 1 aromatic heterocycles. The van der Waals surface area contributed by atoms with E-state index >= 15 is 0 Å². The van der Waals surface area contributed by atoms with E-state index in [0.717, 1.165) is 11.3 Å². The van der Waals surface area contributed by atoms with Crippen LogP contribution in [0.15, 0.2) is 41.6 Å². The maximum atomic E-state index is 12.3. The lowest BCUT2D eigenvalue weighted by atomic mass is 10.1. The molecule has 1 amide bonds. The zero-order valence-corrected chi connectivity index (χ0v) is 19.4. The summed E-state index contributed by atoms with van der Waals surface area (Å²) in [6.07, 6.45) is -0.289. The molecule has 0 aliphatic rings. The Morgan fingerprint density at radius 1 is 1.20 bits per heavy atom. The van der Waals surface area contributed by atoms with E-state index in [1.165, 1.54) is 17.3 Å². The van der Waals surface area contributed by atoms with Crippen LogP contribution >= 0.6 is 35.0 Å². The number of aryl methyl sites for hydroxylation is 1. The van der Waals surface area contributed by atoms with Crippen molar-refractivity contribution in [1.82, 2.24) is 14.8 Å². The lowest BCUT2D eigenvalue weighted by molar-refractivity contribution is -0.113. The molecular weight excluding hydrogens is 443 g/mol. The summed E-state index contributed by atoms with van der Waals surface area (Å²) in [5.41, 5.74) is 2.85. The van der Waals surface area contributed by atoms with E-state index in [1.54, 1.807) is 18.2 Å². The van der Waals surface area contributed by atoms with Crippen molar-refractivity contribution in [1.29, 1.82) is 0 Å². The largest absolute Gasteiger partial charge is 0.482 e. The zero-order valence-electron chi connectivity index (χ0n) is 17.1. The molecule has 3 rings (SSSR count). The Bertz CT molecular complexity index is 1070. The quantitative estimate of drug-likeness (QED) is 0.460. The van der Waals surface area contributed by atoms with Crippen LogP contribution in [-0.2, 0) is 11.8 Å². The molecule has 9 heteroatoms. The Kier molecular flexibility index (Phi) is 7.28. The molecule has 3 aromatic rings. The number of rotatable bonds is 7. The highest BCUT2D eigenvalue weighted by molar-refractivity contribution is 7.99. The van der Waals surface area contributed by atoms with Crippen molar-refractivity contribution in [3.8, 4) is 5.75 Å². The molecule has 0 saturated carbocycles. The summed E-state index contributed by atoms with van der Waals surface area (Å²) in [5, 5.41) is 12.7. The lowest BCUT2D eigenvalue weighted by Crippen LogP contribution is -2.15. The normalized spacial score (nSPS) is 11.9. The molecule has 1 heterocycles. The number of aromatic nitrogens is 3. The zero-order chi connectivity index (χ0) is 21.8. The van der Waals surface area contributed by atoms with Gasteiger partial charge >= 0.3 is 0 Å². The number of hydrogen-bond acceptors (Lipinski definition) is 5. The van der Waals surface area contributed by atoms with E-state index in [9.17, 15) is 4.79 Å². The Hall–Kier alpha value is -2.22. The molecule has 1 atom stereocenters. The standard InChI is InChI=1S/C21H22Cl2N4O2S/c1-12-6-5-7-18(13(12)2)29-14(3)20-25-26-21(27(20)4)30-11-19(28)24-15-8-9-16(22)17(23)10-15/h5-10,14H,11H2,1-4H3,(H,24,28). The summed E-state index contributed by atoms with van der Waals surface area (Å²) in [7, 11) is 1.86. The minimum atomic E-state index is -0.289. The van der Waals surface area contributed by atoms with Crippen LogP contribution in [0.2, 0.25) is 10.0 Å². The summed E-state index contributed by atoms with van der Waals surface area (Å²) in [5.74, 6) is 1.50. The van der Waals surface area contributed by atoms with E-state index in [1.807, 2.05) is 50.6 Å². The smallest absolute Gasteiger partial charge is 0.234 e. The monoisotopic (exact) mass is 464 g/mol. The summed E-state index contributed by atoms with van der Waals surface area (Å²) >= 11 is 13.2. The first kappa shape index (κ1) is 22.5. The van der Waals surface area contributed by atoms with Gasteiger partial charge in [-0.25, -0.2) is 0 Å². The van der Waals surface area contributed by atoms with Crippen molar-refractivity contribution in [2.75, 3.05) is 11.1 Å². The number of nitrogens with zero attached hydrogens (tertiary/aromatic N) is 3. The highest BCUT2D eigenvalue weighted by Gasteiger charge is 2.19. The molecule has 158 valence electrons. The average Bonchev–Trinajstić information content (AvgIpc) is 3.07. The van der Waals surface area contributed by atoms with Crippen molar-refractivity contribution in [2.24, 2.45) is 7.05 Å². The molecule has 0 saturated heterocycles. The number of benzene rings is 2. The Labute approximate surface area is 189 Å². The van der Waals surface area contributed by atoms with E-state index in [4.69, 9.17) is 27.9 Å². The summed E-state index contributed by atoms with van der Waals surface area (Å²) in [6, 6.07) is 10.9. The van der Waals surface area contributed by atoms with E-state index in [0.29, 0.717) is 26.7 Å². The molecule has 2 aromatic carbocycles. The third-order valence-electron chi connectivity index (χ3n) is 4.63. The van der Waals surface area contributed by atoms with E-state index in [2.05, 4.69) is 15.5 Å². The van der Waals surface area contributed by atoms with Gasteiger partial charge in [-0.05, 0) is 56.2 Å². The number of hydrogen-bond donors (Lipinski definition) is 1. The third-order valence-corrected chi connectivity index (χ3v) is 6.39. The Morgan fingerprint density at radius 2 is 1.97 bits per heavy atom. The van der Waals surface area contributed by atoms with Crippen LogP contribution in [-0.4, -0.2) is 26.4 Å². The Morgan fingerprint density at radius 3 is 2.70 bits per heavy atom. The van der Waals surface area contributed by atoms with E-state index < -0.39 is 0 Å². The van der Waals surface area contributed by atoms with Crippen LogP contribution in [0.25, 0.3) is 0 Å². The van der Waals surface area contributed by atoms with Crippen LogP contribution in [0.5, 0.6) is 5.75 Å². The summed E-state index contributed by atoms with van der Waals surface area (Å²) in [4.78, 5) is 12.3. The van der Waals surface area contributed by atoms with Crippen molar-refractivity contribution in [3.05, 3.63) is 63.4 Å². The SMILES string of the molecule is Cc1cccc(OC(C)c2nnc(SCC(=O)Nc3ccc(Cl)c(Cl)c3)n2C)c1C. The van der Waals surface area contributed by atoms with Crippen molar-refractivity contribution in [3.63, 3.8) is 0 Å². The highest BCUT2D eigenvalue weighted by atomic mass is 35.5. The van der Waals surface area contributed by atoms with Gasteiger partial charge in [0.1, 0.15) is 5.75 Å². The van der Waals surface area contributed by atoms with Crippen molar-refractivity contribution >= 4 is 46.6 Å². The summed E-state index contributed by atoms with van der Waals surface area (Å²) < 4.78 is 7.94. The van der Waals surface area contributed by atoms with Crippen molar-refractivity contribution in [2.45, 2.75) is 32.0 Å². The Balaban J connectivity index is 1.61. The number of thioether (sulfide) groups is 1. The maximum Gasteiger partial charge on any atom is 0.234 e. The van der Waals surface area contributed by atoms with Crippen LogP contribution in [0.3, 0.4) is 0 Å².